The van der Waals surface area contributed by atoms with Gasteiger partial charge in [0.15, 0.2) is 0 Å². The highest BCUT2D eigenvalue weighted by Gasteiger charge is 2.14. The lowest BCUT2D eigenvalue weighted by Crippen LogP contribution is -1.96. The summed E-state index contributed by atoms with van der Waals surface area (Å²) in [4.78, 5) is 8.22. The topological polar surface area (TPSA) is 46.0 Å². The molecule has 0 bridgehead atoms. The lowest BCUT2D eigenvalue weighted by atomic mass is 10.1. The van der Waals surface area contributed by atoms with Crippen LogP contribution in [-0.2, 0) is 0 Å². The number of hydrogen-bond donors (Lipinski definition) is 1. The second-order valence-electron chi connectivity index (χ2n) is 3.48. The van der Waals surface area contributed by atoms with Crippen LogP contribution >= 0.6 is 11.8 Å². The maximum Gasteiger partial charge on any atom is 0.137 e. The fourth-order valence-corrected chi connectivity index (χ4v) is 2.37. The summed E-state index contributed by atoms with van der Waals surface area (Å²) in [5.41, 5.74) is 0.564. The summed E-state index contributed by atoms with van der Waals surface area (Å²) in [7, 11) is 0. The molecule has 0 saturated carbocycles. The lowest BCUT2D eigenvalue weighted by Gasteiger charge is -2.11. The van der Waals surface area contributed by atoms with E-state index in [1.54, 1.807) is 31.3 Å². The average molecular weight is 250 g/mol. The van der Waals surface area contributed by atoms with Crippen LogP contribution in [0, 0.1) is 5.82 Å². The molecule has 0 aliphatic heterocycles. The Labute approximate surface area is 103 Å². The first-order valence-corrected chi connectivity index (χ1v) is 5.90. The van der Waals surface area contributed by atoms with Crippen molar-refractivity contribution < 1.29 is 9.50 Å². The standard InChI is InChI=1S/C12H11FN2OS/c1-8(16)9-3-2-4-10(13)12(9)17-11-5-6-14-7-15-11/h2-8,16H,1H3/t8-/m0/s1. The van der Waals surface area contributed by atoms with Crippen molar-refractivity contribution in [2.45, 2.75) is 22.9 Å². The average Bonchev–Trinajstić information content (AvgIpc) is 2.33. The van der Waals surface area contributed by atoms with E-state index in [4.69, 9.17) is 0 Å². The minimum atomic E-state index is -0.713. The van der Waals surface area contributed by atoms with Gasteiger partial charge in [0.2, 0.25) is 0 Å². The molecule has 5 heteroatoms. The van der Waals surface area contributed by atoms with Crippen LogP contribution in [0.15, 0.2) is 46.7 Å². The summed E-state index contributed by atoms with van der Waals surface area (Å²) in [5.74, 6) is -0.355. The van der Waals surface area contributed by atoms with E-state index in [0.29, 0.717) is 15.5 Å². The van der Waals surface area contributed by atoms with E-state index >= 15 is 0 Å². The Morgan fingerprint density at radius 1 is 1.35 bits per heavy atom. The highest BCUT2D eigenvalue weighted by atomic mass is 32.2. The number of halogens is 1. The molecule has 3 nitrogen and oxygen atoms in total. The van der Waals surface area contributed by atoms with Gasteiger partial charge in [-0.3, -0.25) is 0 Å². The zero-order chi connectivity index (χ0) is 12.3. The molecular formula is C12H11FN2OS. The molecule has 0 aliphatic carbocycles. The largest absolute Gasteiger partial charge is 0.389 e. The lowest BCUT2D eigenvalue weighted by molar-refractivity contribution is 0.195. The third-order valence-electron chi connectivity index (χ3n) is 2.21. The molecule has 0 spiro atoms. The molecule has 2 aromatic rings. The first-order valence-electron chi connectivity index (χ1n) is 5.09. The second-order valence-corrected chi connectivity index (χ2v) is 4.51. The molecule has 0 unspecified atom stereocenters. The van der Waals surface area contributed by atoms with Gasteiger partial charge in [-0.1, -0.05) is 23.9 Å². The Kier molecular flexibility index (Phi) is 3.71. The molecular weight excluding hydrogens is 239 g/mol. The highest BCUT2D eigenvalue weighted by molar-refractivity contribution is 7.99. The molecule has 0 fully saturated rings. The smallest absolute Gasteiger partial charge is 0.137 e. The Morgan fingerprint density at radius 3 is 2.82 bits per heavy atom. The minimum Gasteiger partial charge on any atom is -0.389 e. The summed E-state index contributed by atoms with van der Waals surface area (Å²) in [6, 6.07) is 6.36. The van der Waals surface area contributed by atoms with Gasteiger partial charge in [-0.15, -0.1) is 0 Å². The van der Waals surface area contributed by atoms with Crippen molar-refractivity contribution in [1.29, 1.82) is 0 Å². The molecule has 88 valence electrons. The minimum absolute atomic E-state index is 0.355. The Morgan fingerprint density at radius 2 is 2.18 bits per heavy atom. The van der Waals surface area contributed by atoms with Gasteiger partial charge in [-0.2, -0.15) is 0 Å². The number of aliphatic hydroxyl groups excluding tert-OH is 1. The molecule has 1 aromatic carbocycles. The van der Waals surface area contributed by atoms with Crippen LogP contribution in [0.3, 0.4) is 0 Å². The molecule has 1 N–H and O–H groups in total. The van der Waals surface area contributed by atoms with Gasteiger partial charge < -0.3 is 5.11 Å². The van der Waals surface area contributed by atoms with Crippen molar-refractivity contribution >= 4 is 11.8 Å². The van der Waals surface area contributed by atoms with E-state index in [2.05, 4.69) is 9.97 Å². The van der Waals surface area contributed by atoms with Crippen LogP contribution in [-0.4, -0.2) is 15.1 Å². The quantitative estimate of drug-likeness (QED) is 0.851. The first-order chi connectivity index (χ1) is 8.18. The van der Waals surface area contributed by atoms with Crippen molar-refractivity contribution in [3.05, 3.63) is 48.2 Å². The van der Waals surface area contributed by atoms with Crippen molar-refractivity contribution in [2.75, 3.05) is 0 Å². The SMILES string of the molecule is C[C@H](O)c1cccc(F)c1Sc1ccncn1. The van der Waals surface area contributed by atoms with Gasteiger partial charge in [-0.05, 0) is 24.6 Å². The van der Waals surface area contributed by atoms with Crippen LogP contribution in [0.1, 0.15) is 18.6 Å². The number of aliphatic hydroxyl groups is 1. The monoisotopic (exact) mass is 250 g/mol. The van der Waals surface area contributed by atoms with Crippen molar-refractivity contribution in [3.63, 3.8) is 0 Å². The van der Waals surface area contributed by atoms with Gasteiger partial charge in [0, 0.05) is 6.20 Å². The number of aromatic nitrogens is 2. The van der Waals surface area contributed by atoms with E-state index in [9.17, 15) is 9.50 Å². The van der Waals surface area contributed by atoms with E-state index < -0.39 is 6.10 Å². The number of hydrogen-bond acceptors (Lipinski definition) is 4. The number of nitrogens with zero attached hydrogens (tertiary/aromatic N) is 2. The maximum atomic E-state index is 13.7. The van der Waals surface area contributed by atoms with Gasteiger partial charge in [-0.25, -0.2) is 14.4 Å². The van der Waals surface area contributed by atoms with Gasteiger partial charge >= 0.3 is 0 Å². The van der Waals surface area contributed by atoms with Crippen molar-refractivity contribution in [1.82, 2.24) is 9.97 Å². The van der Waals surface area contributed by atoms with E-state index in [1.165, 1.54) is 24.2 Å². The van der Waals surface area contributed by atoms with E-state index in [0.717, 1.165) is 0 Å². The molecule has 0 aliphatic rings. The van der Waals surface area contributed by atoms with Crippen LogP contribution in [0.2, 0.25) is 0 Å². The molecule has 1 aromatic heterocycles. The fraction of sp³-hybridized carbons (Fsp3) is 0.167. The zero-order valence-electron chi connectivity index (χ0n) is 9.17. The summed E-state index contributed by atoms with van der Waals surface area (Å²) >= 11 is 1.18. The van der Waals surface area contributed by atoms with Crippen LogP contribution < -0.4 is 0 Å². The van der Waals surface area contributed by atoms with Gasteiger partial charge in [0.1, 0.15) is 17.2 Å². The van der Waals surface area contributed by atoms with Gasteiger partial charge in [0.25, 0.3) is 0 Å². The second kappa shape index (κ2) is 5.25. The van der Waals surface area contributed by atoms with Crippen LogP contribution in [0.4, 0.5) is 4.39 Å². The predicted molar refractivity (Wildman–Crippen MR) is 63.2 cm³/mol. The number of rotatable bonds is 3. The molecule has 1 atom stereocenters. The molecule has 1 heterocycles. The van der Waals surface area contributed by atoms with E-state index in [1.807, 2.05) is 0 Å². The Bertz CT molecular complexity index is 505. The molecule has 17 heavy (non-hydrogen) atoms. The van der Waals surface area contributed by atoms with Gasteiger partial charge in [0.05, 0.1) is 11.0 Å². The van der Waals surface area contributed by atoms with Crippen LogP contribution in [0.25, 0.3) is 0 Å². The van der Waals surface area contributed by atoms with E-state index in [-0.39, 0.29) is 5.82 Å². The summed E-state index contributed by atoms with van der Waals surface area (Å²) in [5, 5.41) is 10.2. The summed E-state index contributed by atoms with van der Waals surface area (Å²) < 4.78 is 13.7. The highest BCUT2D eigenvalue weighted by Crippen LogP contribution is 2.33. The molecule has 0 amide bonds. The first kappa shape index (κ1) is 12.0. The summed E-state index contributed by atoms with van der Waals surface area (Å²) in [6.45, 7) is 1.61. The molecule has 0 saturated heterocycles. The summed E-state index contributed by atoms with van der Waals surface area (Å²) in [6.07, 6.45) is 2.29. The Balaban J connectivity index is 2.38. The zero-order valence-corrected chi connectivity index (χ0v) is 9.99. The third kappa shape index (κ3) is 2.81. The number of benzene rings is 1. The van der Waals surface area contributed by atoms with Crippen LogP contribution in [0.5, 0.6) is 0 Å². The fourth-order valence-electron chi connectivity index (χ4n) is 1.41. The predicted octanol–water partition coefficient (Wildman–Crippen LogP) is 2.82. The maximum absolute atomic E-state index is 13.7. The molecule has 0 radical (unpaired) electrons. The third-order valence-corrected chi connectivity index (χ3v) is 3.29. The normalized spacial score (nSPS) is 12.4. The molecule has 2 rings (SSSR count). The van der Waals surface area contributed by atoms with Crippen molar-refractivity contribution in [2.24, 2.45) is 0 Å². The van der Waals surface area contributed by atoms with Crippen molar-refractivity contribution in [3.8, 4) is 0 Å². The Hall–Kier alpha value is -1.46.